The van der Waals surface area contributed by atoms with E-state index in [4.69, 9.17) is 39.2 Å². The van der Waals surface area contributed by atoms with Gasteiger partial charge in [0.15, 0.2) is 0 Å². The van der Waals surface area contributed by atoms with Crippen LogP contribution in [0.1, 0.15) is 48.0 Å². The van der Waals surface area contributed by atoms with Crippen molar-refractivity contribution in [1.29, 1.82) is 0 Å². The van der Waals surface area contributed by atoms with Gasteiger partial charge in [0, 0.05) is 35.0 Å². The predicted molar refractivity (Wildman–Crippen MR) is 204 cm³/mol. The van der Waals surface area contributed by atoms with Gasteiger partial charge in [-0.25, -0.2) is 0 Å². The molecule has 6 nitrogen and oxygen atoms in total. The van der Waals surface area contributed by atoms with Crippen LogP contribution in [0.3, 0.4) is 0 Å². The summed E-state index contributed by atoms with van der Waals surface area (Å²) in [7, 11) is -1.29. The molecule has 5 aromatic rings. The van der Waals surface area contributed by atoms with Crippen LogP contribution in [0, 0.1) is 0 Å². The van der Waals surface area contributed by atoms with Crippen molar-refractivity contribution >= 4 is 71.4 Å². The van der Waals surface area contributed by atoms with E-state index in [-0.39, 0.29) is 30.0 Å². The van der Waals surface area contributed by atoms with Gasteiger partial charge < -0.3 is 19.6 Å². The number of hydrogen-bond acceptors (Lipinski definition) is 3. The number of halogens is 3. The largest absolute Gasteiger partial charge is 0.403 e. The van der Waals surface area contributed by atoms with E-state index in [0.29, 0.717) is 32.0 Å². The molecule has 0 radical (unpaired) electrons. The molecule has 0 unspecified atom stereocenters. The monoisotopic (exact) mass is 729 g/mol. The summed E-state index contributed by atoms with van der Waals surface area (Å²) < 4.78 is 8.96. The number of carbonyl (C=O) groups excluding carboxylic acids is 2. The Morgan fingerprint density at radius 3 is 2.00 bits per heavy atom. The summed E-state index contributed by atoms with van der Waals surface area (Å²) >= 11 is 20.7. The van der Waals surface area contributed by atoms with Crippen molar-refractivity contribution < 1.29 is 14.0 Å². The number of carbonyl (C=O) groups is 2. The fraction of sp³-hybridized carbons (Fsp3) is 0.179. The van der Waals surface area contributed by atoms with Gasteiger partial charge in [0.2, 0.25) is 5.91 Å². The fourth-order valence-corrected chi connectivity index (χ4v) is 11.3. The first kappa shape index (κ1) is 36.2. The van der Waals surface area contributed by atoms with E-state index < -0.39 is 8.32 Å². The number of amides is 2. The fourth-order valence-electron chi connectivity index (χ4n) is 5.99. The maximum atomic E-state index is 12.8. The van der Waals surface area contributed by atoms with Crippen molar-refractivity contribution in [3.05, 3.63) is 153 Å². The average molecular weight is 731 g/mol. The summed E-state index contributed by atoms with van der Waals surface area (Å²) in [4.78, 5) is 24.6. The molecule has 2 N–H and O–H groups in total. The first-order chi connectivity index (χ1) is 23.5. The van der Waals surface area contributed by atoms with Gasteiger partial charge in [-0.05, 0) is 63.4 Å². The highest BCUT2D eigenvalue weighted by atomic mass is 35.5. The number of nitrogens with one attached hydrogen (secondary N) is 2. The first-order valence-electron chi connectivity index (χ1n) is 15.8. The lowest BCUT2D eigenvalue weighted by molar-refractivity contribution is -0.116. The molecule has 0 atom stereocenters. The molecule has 4 aromatic carbocycles. The van der Waals surface area contributed by atoms with Gasteiger partial charge in [0.25, 0.3) is 14.2 Å². The molecule has 1 aromatic heterocycles. The van der Waals surface area contributed by atoms with Crippen molar-refractivity contribution in [3.8, 4) is 5.69 Å². The lowest BCUT2D eigenvalue weighted by Gasteiger charge is -2.43. The maximum absolute atomic E-state index is 12.8. The van der Waals surface area contributed by atoms with Crippen LogP contribution in [-0.2, 0) is 22.4 Å². The molecule has 0 aliphatic heterocycles. The minimum Gasteiger partial charge on any atom is -0.403 e. The van der Waals surface area contributed by atoms with E-state index in [9.17, 15) is 9.59 Å². The third-order valence-electron chi connectivity index (χ3n) is 8.44. The quantitative estimate of drug-likeness (QED) is 0.106. The topological polar surface area (TPSA) is 72.4 Å². The maximum Gasteiger partial charge on any atom is 0.261 e. The standard InChI is InChI=1S/C39H38Cl3N3O3Si/c1-39(2,3)49(30-11-7-5-8-12-30,31-13-9-6-10-14-31)48-26-32-33(40)21-22-34(37(32)42)45-29(20-23-35(45)41)25-44-36(46)24-17-27-15-18-28(19-16-27)38(47)43-4/h5-24H,25-26H2,1-4H3,(H,43,47)(H,44,46). The van der Waals surface area contributed by atoms with Crippen LogP contribution in [0.4, 0.5) is 0 Å². The summed E-state index contributed by atoms with van der Waals surface area (Å²) in [5.41, 5.74) is 3.33. The molecule has 0 fully saturated rings. The Bertz CT molecular complexity index is 1920. The molecular weight excluding hydrogens is 693 g/mol. The van der Waals surface area contributed by atoms with Crippen molar-refractivity contribution in [2.45, 2.75) is 39.0 Å². The van der Waals surface area contributed by atoms with Crippen LogP contribution >= 0.6 is 34.8 Å². The smallest absolute Gasteiger partial charge is 0.261 e. The highest BCUT2D eigenvalue weighted by Crippen LogP contribution is 2.40. The summed E-state index contributed by atoms with van der Waals surface area (Å²) in [6.45, 7) is 7.03. The van der Waals surface area contributed by atoms with Crippen LogP contribution in [0.15, 0.2) is 115 Å². The summed E-state index contributed by atoms with van der Waals surface area (Å²) in [5.74, 6) is -0.463. The molecule has 0 saturated heterocycles. The van der Waals surface area contributed by atoms with Crippen molar-refractivity contribution in [2.75, 3.05) is 7.05 Å². The second-order valence-electron chi connectivity index (χ2n) is 12.5. The first-order valence-corrected chi connectivity index (χ1v) is 18.9. The highest BCUT2D eigenvalue weighted by molar-refractivity contribution is 6.99. The molecule has 0 saturated carbocycles. The number of hydrogen-bond donors (Lipinski definition) is 2. The Kier molecular flexibility index (Phi) is 11.5. The third-order valence-corrected chi connectivity index (χ3v) is 14.5. The molecular formula is C39H38Cl3N3O3Si. The van der Waals surface area contributed by atoms with Crippen LogP contribution in [0.25, 0.3) is 11.8 Å². The van der Waals surface area contributed by atoms with Crippen molar-refractivity contribution in [3.63, 3.8) is 0 Å². The lowest BCUT2D eigenvalue weighted by Crippen LogP contribution is -2.66. The second kappa shape index (κ2) is 15.6. The average Bonchev–Trinajstić information content (AvgIpc) is 3.47. The number of benzene rings is 4. The van der Waals surface area contributed by atoms with Crippen LogP contribution < -0.4 is 21.0 Å². The van der Waals surface area contributed by atoms with Gasteiger partial charge in [0.1, 0.15) is 5.15 Å². The van der Waals surface area contributed by atoms with E-state index in [2.05, 4.69) is 55.7 Å². The zero-order valence-corrected chi connectivity index (χ0v) is 31.0. The van der Waals surface area contributed by atoms with Gasteiger partial charge in [-0.3, -0.25) is 9.59 Å². The predicted octanol–water partition coefficient (Wildman–Crippen LogP) is 8.20. The van der Waals surface area contributed by atoms with E-state index >= 15 is 0 Å². The van der Waals surface area contributed by atoms with Crippen LogP contribution in [0.2, 0.25) is 20.2 Å². The minimum absolute atomic E-state index is 0.172. The van der Waals surface area contributed by atoms with Crippen LogP contribution in [0.5, 0.6) is 0 Å². The molecule has 0 spiro atoms. The van der Waals surface area contributed by atoms with Gasteiger partial charge in [-0.1, -0.05) is 128 Å². The van der Waals surface area contributed by atoms with Gasteiger partial charge in [0.05, 0.1) is 23.9 Å². The second-order valence-corrected chi connectivity index (χ2v) is 18.0. The van der Waals surface area contributed by atoms with Crippen molar-refractivity contribution in [1.82, 2.24) is 15.2 Å². The lowest BCUT2D eigenvalue weighted by atomic mass is 10.1. The normalized spacial score (nSPS) is 11.9. The van der Waals surface area contributed by atoms with E-state index in [0.717, 1.165) is 21.6 Å². The number of rotatable bonds is 11. The molecule has 0 bridgehead atoms. The molecule has 1 heterocycles. The molecule has 10 heteroatoms. The van der Waals surface area contributed by atoms with Gasteiger partial charge in [-0.15, -0.1) is 0 Å². The Hall–Kier alpha value is -4.11. The molecule has 0 aliphatic carbocycles. The highest BCUT2D eigenvalue weighted by Gasteiger charge is 2.50. The molecule has 49 heavy (non-hydrogen) atoms. The van der Waals surface area contributed by atoms with Gasteiger partial charge >= 0.3 is 0 Å². The SMILES string of the molecule is CNC(=O)c1ccc(C=CC(=O)NCc2ccc(Cl)n2-c2ccc(Cl)c(CO[Si](c3ccccc3)(c3ccccc3)C(C)(C)C)c2Cl)cc1. The van der Waals surface area contributed by atoms with Gasteiger partial charge in [-0.2, -0.15) is 0 Å². The molecule has 0 aliphatic rings. The summed E-state index contributed by atoms with van der Waals surface area (Å²) in [6, 6.07) is 34.9. The van der Waals surface area contributed by atoms with E-state index in [1.807, 2.05) is 48.5 Å². The van der Waals surface area contributed by atoms with Crippen molar-refractivity contribution in [2.24, 2.45) is 0 Å². The summed E-state index contributed by atoms with van der Waals surface area (Å²) in [5, 5.41) is 8.90. The zero-order chi connectivity index (χ0) is 35.2. The Morgan fingerprint density at radius 1 is 0.816 bits per heavy atom. The molecule has 5 rings (SSSR count). The minimum atomic E-state index is -2.87. The molecule has 2 amide bonds. The zero-order valence-electron chi connectivity index (χ0n) is 27.8. The van der Waals surface area contributed by atoms with Crippen LogP contribution in [-0.4, -0.2) is 31.7 Å². The summed E-state index contributed by atoms with van der Waals surface area (Å²) in [6.07, 6.45) is 3.13. The van der Waals surface area contributed by atoms with E-state index in [1.54, 1.807) is 54.1 Å². The Morgan fingerprint density at radius 2 is 1.43 bits per heavy atom. The molecule has 252 valence electrons. The number of nitrogens with zero attached hydrogens (tertiary/aromatic N) is 1. The Balaban J connectivity index is 1.40. The van der Waals surface area contributed by atoms with E-state index in [1.165, 1.54) is 6.08 Å². The Labute approximate surface area is 303 Å². The third kappa shape index (κ3) is 7.87. The number of aromatic nitrogens is 1.